The SMILES string of the molecule is C[C@H](NCC=O)C(F)(F)F. The summed E-state index contributed by atoms with van der Waals surface area (Å²) in [5.41, 5.74) is 0. The van der Waals surface area contributed by atoms with Gasteiger partial charge in [0.2, 0.25) is 0 Å². The molecule has 1 atom stereocenters. The normalized spacial score (nSPS) is 14.8. The number of nitrogens with one attached hydrogen (secondary N) is 1. The Morgan fingerprint density at radius 2 is 2.10 bits per heavy atom. The third-order valence-electron chi connectivity index (χ3n) is 0.998. The molecule has 0 radical (unpaired) electrons. The van der Waals surface area contributed by atoms with Gasteiger partial charge in [-0.3, -0.25) is 5.32 Å². The van der Waals surface area contributed by atoms with Crippen molar-refractivity contribution in [2.75, 3.05) is 6.54 Å². The number of carbonyl (C=O) groups is 1. The molecule has 0 aliphatic rings. The number of rotatable bonds is 3. The zero-order valence-electron chi connectivity index (χ0n) is 5.40. The molecule has 0 heterocycles. The quantitative estimate of drug-likeness (QED) is 0.608. The maximum absolute atomic E-state index is 11.6. The molecule has 0 aromatic rings. The predicted octanol–water partition coefficient (Wildman–Crippen LogP) is 0.726. The lowest BCUT2D eigenvalue weighted by Gasteiger charge is -2.14. The molecule has 0 saturated carbocycles. The van der Waals surface area contributed by atoms with Gasteiger partial charge in [-0.1, -0.05) is 0 Å². The molecule has 0 amide bonds. The Balaban J connectivity index is 3.61. The molecule has 0 unspecified atom stereocenters. The summed E-state index contributed by atoms with van der Waals surface area (Å²) >= 11 is 0. The lowest BCUT2D eigenvalue weighted by molar-refractivity contribution is -0.151. The standard InChI is InChI=1S/C5H8F3NO/c1-4(5(6,7)8)9-2-3-10/h3-4,9H,2H2,1H3/t4-/m0/s1. The molecule has 0 saturated heterocycles. The fourth-order valence-electron chi connectivity index (χ4n) is 0.341. The summed E-state index contributed by atoms with van der Waals surface area (Å²) in [6.45, 7) is 0.699. The van der Waals surface area contributed by atoms with Crippen molar-refractivity contribution in [3.63, 3.8) is 0 Å². The molecular weight excluding hydrogens is 147 g/mol. The van der Waals surface area contributed by atoms with Gasteiger partial charge in [-0.05, 0) is 6.92 Å². The van der Waals surface area contributed by atoms with Crippen LogP contribution in [0.1, 0.15) is 6.92 Å². The van der Waals surface area contributed by atoms with Gasteiger partial charge in [-0.2, -0.15) is 13.2 Å². The number of alkyl halides is 3. The van der Waals surface area contributed by atoms with Crippen LogP contribution in [-0.4, -0.2) is 25.0 Å². The van der Waals surface area contributed by atoms with Gasteiger partial charge in [0, 0.05) is 0 Å². The van der Waals surface area contributed by atoms with E-state index in [-0.39, 0.29) is 6.54 Å². The van der Waals surface area contributed by atoms with Crippen LogP contribution in [0, 0.1) is 0 Å². The number of carbonyl (C=O) groups excluding carboxylic acids is 1. The summed E-state index contributed by atoms with van der Waals surface area (Å²) in [5, 5.41) is 1.98. The second-order valence-electron chi connectivity index (χ2n) is 1.84. The highest BCUT2D eigenvalue weighted by Crippen LogP contribution is 2.18. The number of hydrogen-bond donors (Lipinski definition) is 1. The minimum absolute atomic E-state index is 0.263. The molecule has 0 aliphatic heterocycles. The summed E-state index contributed by atoms with van der Waals surface area (Å²) in [7, 11) is 0. The van der Waals surface area contributed by atoms with Crippen LogP contribution >= 0.6 is 0 Å². The Kier molecular flexibility index (Phi) is 3.35. The molecule has 0 aromatic heterocycles. The second-order valence-corrected chi connectivity index (χ2v) is 1.84. The van der Waals surface area contributed by atoms with E-state index in [1.54, 1.807) is 0 Å². The van der Waals surface area contributed by atoms with Gasteiger partial charge in [-0.15, -0.1) is 0 Å². The Morgan fingerprint density at radius 1 is 1.60 bits per heavy atom. The maximum Gasteiger partial charge on any atom is 0.403 e. The molecule has 0 aromatic carbocycles. The largest absolute Gasteiger partial charge is 0.403 e. The van der Waals surface area contributed by atoms with Gasteiger partial charge in [0.1, 0.15) is 12.3 Å². The van der Waals surface area contributed by atoms with E-state index in [0.29, 0.717) is 6.29 Å². The van der Waals surface area contributed by atoms with Crippen LogP contribution in [0.5, 0.6) is 0 Å². The first-order valence-electron chi connectivity index (χ1n) is 2.72. The monoisotopic (exact) mass is 155 g/mol. The van der Waals surface area contributed by atoms with Crippen molar-refractivity contribution < 1.29 is 18.0 Å². The van der Waals surface area contributed by atoms with Crippen molar-refractivity contribution >= 4 is 6.29 Å². The highest BCUT2D eigenvalue weighted by molar-refractivity contribution is 5.51. The third kappa shape index (κ3) is 3.45. The Labute approximate surface area is 56.4 Å². The summed E-state index contributed by atoms with van der Waals surface area (Å²) < 4.78 is 34.8. The lowest BCUT2D eigenvalue weighted by atomic mass is 10.3. The van der Waals surface area contributed by atoms with Crippen molar-refractivity contribution in [3.8, 4) is 0 Å². The van der Waals surface area contributed by atoms with Crippen LogP contribution in [0.3, 0.4) is 0 Å². The molecule has 60 valence electrons. The molecule has 5 heteroatoms. The highest BCUT2D eigenvalue weighted by Gasteiger charge is 2.35. The van der Waals surface area contributed by atoms with Crippen LogP contribution in [0.15, 0.2) is 0 Å². The van der Waals surface area contributed by atoms with Crippen molar-refractivity contribution in [3.05, 3.63) is 0 Å². The zero-order chi connectivity index (χ0) is 8.20. The van der Waals surface area contributed by atoms with Crippen molar-refractivity contribution in [2.24, 2.45) is 0 Å². The Hall–Kier alpha value is -0.580. The number of halogens is 3. The van der Waals surface area contributed by atoms with E-state index >= 15 is 0 Å². The summed E-state index contributed by atoms with van der Waals surface area (Å²) in [6, 6.07) is -1.61. The summed E-state index contributed by atoms with van der Waals surface area (Å²) in [4.78, 5) is 9.61. The molecule has 1 N–H and O–H groups in total. The van der Waals surface area contributed by atoms with E-state index in [1.807, 2.05) is 5.32 Å². The molecule has 0 bridgehead atoms. The molecule has 0 rings (SSSR count). The first kappa shape index (κ1) is 9.42. The highest BCUT2D eigenvalue weighted by atomic mass is 19.4. The van der Waals surface area contributed by atoms with Gasteiger partial charge >= 0.3 is 6.18 Å². The third-order valence-corrected chi connectivity index (χ3v) is 0.998. The maximum atomic E-state index is 11.6. The minimum Gasteiger partial charge on any atom is -0.302 e. The van der Waals surface area contributed by atoms with E-state index in [4.69, 9.17) is 0 Å². The topological polar surface area (TPSA) is 29.1 Å². The average Bonchev–Trinajstić information content (AvgIpc) is 1.80. The van der Waals surface area contributed by atoms with Gasteiger partial charge in [-0.25, -0.2) is 0 Å². The van der Waals surface area contributed by atoms with E-state index in [2.05, 4.69) is 0 Å². The molecule has 0 fully saturated rings. The molecule has 2 nitrogen and oxygen atoms in total. The smallest absolute Gasteiger partial charge is 0.302 e. The molecule has 0 spiro atoms. The average molecular weight is 155 g/mol. The number of aldehydes is 1. The van der Waals surface area contributed by atoms with Gasteiger partial charge in [0.25, 0.3) is 0 Å². The summed E-state index contributed by atoms with van der Waals surface area (Å²) in [5.74, 6) is 0. The zero-order valence-corrected chi connectivity index (χ0v) is 5.40. The van der Waals surface area contributed by atoms with Gasteiger partial charge in [0.15, 0.2) is 0 Å². The van der Waals surface area contributed by atoms with Gasteiger partial charge < -0.3 is 4.79 Å². The van der Waals surface area contributed by atoms with E-state index in [9.17, 15) is 18.0 Å². The van der Waals surface area contributed by atoms with E-state index < -0.39 is 12.2 Å². The molecule has 10 heavy (non-hydrogen) atoms. The van der Waals surface area contributed by atoms with Crippen molar-refractivity contribution in [1.82, 2.24) is 5.32 Å². The number of hydrogen-bond acceptors (Lipinski definition) is 2. The first-order valence-corrected chi connectivity index (χ1v) is 2.72. The van der Waals surface area contributed by atoms with Crippen LogP contribution in [-0.2, 0) is 4.79 Å². The van der Waals surface area contributed by atoms with Crippen LogP contribution in [0.25, 0.3) is 0 Å². The fraction of sp³-hybridized carbons (Fsp3) is 0.800. The van der Waals surface area contributed by atoms with E-state index in [0.717, 1.165) is 6.92 Å². The molecular formula is C5H8F3NO. The fourth-order valence-corrected chi connectivity index (χ4v) is 0.341. The minimum atomic E-state index is -4.26. The summed E-state index contributed by atoms with van der Waals surface area (Å²) in [6.07, 6.45) is -3.87. The van der Waals surface area contributed by atoms with Crippen LogP contribution < -0.4 is 5.32 Å². The van der Waals surface area contributed by atoms with Gasteiger partial charge in [0.05, 0.1) is 6.54 Å². The lowest BCUT2D eigenvalue weighted by Crippen LogP contribution is -2.40. The Morgan fingerprint density at radius 3 is 2.40 bits per heavy atom. The predicted molar refractivity (Wildman–Crippen MR) is 29.6 cm³/mol. The van der Waals surface area contributed by atoms with Crippen molar-refractivity contribution in [2.45, 2.75) is 19.1 Å². The van der Waals surface area contributed by atoms with E-state index in [1.165, 1.54) is 0 Å². The van der Waals surface area contributed by atoms with Crippen LogP contribution in [0.2, 0.25) is 0 Å². The van der Waals surface area contributed by atoms with Crippen molar-refractivity contribution in [1.29, 1.82) is 0 Å². The molecule has 0 aliphatic carbocycles. The second kappa shape index (κ2) is 3.55. The van der Waals surface area contributed by atoms with Crippen LogP contribution in [0.4, 0.5) is 13.2 Å². The first-order chi connectivity index (χ1) is 4.48. The Bertz CT molecular complexity index is 112.